The van der Waals surface area contributed by atoms with Crippen LogP contribution >= 0.6 is 22.7 Å². The van der Waals surface area contributed by atoms with Gasteiger partial charge in [0.15, 0.2) is 11.4 Å². The van der Waals surface area contributed by atoms with Crippen LogP contribution in [0.4, 0.5) is 5.13 Å². The molecule has 3 rings (SSSR count). The van der Waals surface area contributed by atoms with Gasteiger partial charge in [0.1, 0.15) is 17.8 Å². The number of ether oxygens (including phenoxy) is 1. The largest absolute Gasteiger partial charge is 0.396 e. The molecule has 0 saturated carbocycles. The first-order chi connectivity index (χ1) is 11.9. The summed E-state index contributed by atoms with van der Waals surface area (Å²) in [5.41, 5.74) is -1.13. The monoisotopic (exact) mass is 386 g/mol. The van der Waals surface area contributed by atoms with Crippen LogP contribution in [0, 0.1) is 0 Å². The number of aliphatic hydroxyl groups is 4. The second kappa shape index (κ2) is 7.46. The van der Waals surface area contributed by atoms with Gasteiger partial charge in [0.25, 0.3) is 0 Å². The van der Waals surface area contributed by atoms with Crippen LogP contribution in [-0.2, 0) is 4.74 Å². The highest BCUT2D eigenvalue weighted by Gasteiger charge is 2.48. The summed E-state index contributed by atoms with van der Waals surface area (Å²) in [4.78, 5) is 16.8. The Morgan fingerprint density at radius 1 is 1.48 bits per heavy atom. The van der Waals surface area contributed by atoms with E-state index in [0.29, 0.717) is 15.6 Å². The average Bonchev–Trinajstić information content (AvgIpc) is 3.27. The number of anilines is 1. The van der Waals surface area contributed by atoms with Crippen LogP contribution in [-0.4, -0.2) is 68.4 Å². The van der Waals surface area contributed by atoms with Crippen LogP contribution in [0.25, 0.3) is 0 Å². The standard InChI is InChI=1S/C15H18N2O6S2/c18-3-2-15(22)7-23-13(11(20)12(15)21)17-14-16-5-9(25-14)10(19)8-1-4-24-6-8/h1,4-6,11-13,18,20-22H,2-3,7H2,(H,16,17)/t11?,12?,13-,15-/m0/s1. The van der Waals surface area contributed by atoms with Gasteiger partial charge in [-0.3, -0.25) is 4.79 Å². The van der Waals surface area contributed by atoms with Crippen LogP contribution in [0.2, 0.25) is 0 Å². The molecule has 0 aromatic carbocycles. The molecule has 0 aliphatic carbocycles. The summed E-state index contributed by atoms with van der Waals surface area (Å²) in [5.74, 6) is -0.144. The van der Waals surface area contributed by atoms with Crippen molar-refractivity contribution in [3.8, 4) is 0 Å². The Balaban J connectivity index is 1.66. The van der Waals surface area contributed by atoms with Gasteiger partial charge in [-0.1, -0.05) is 11.3 Å². The Morgan fingerprint density at radius 3 is 2.96 bits per heavy atom. The van der Waals surface area contributed by atoms with E-state index < -0.39 is 24.0 Å². The molecule has 5 N–H and O–H groups in total. The van der Waals surface area contributed by atoms with Crippen LogP contribution in [0.15, 0.2) is 23.0 Å². The third-order valence-electron chi connectivity index (χ3n) is 4.02. The first-order valence-electron chi connectivity index (χ1n) is 7.55. The number of nitrogens with zero attached hydrogens (tertiary/aromatic N) is 1. The van der Waals surface area contributed by atoms with Gasteiger partial charge in [-0.05, 0) is 11.4 Å². The minimum absolute atomic E-state index is 0.117. The molecule has 0 radical (unpaired) electrons. The van der Waals surface area contributed by atoms with Crippen molar-refractivity contribution in [2.24, 2.45) is 0 Å². The Morgan fingerprint density at radius 2 is 2.28 bits per heavy atom. The highest BCUT2D eigenvalue weighted by atomic mass is 32.1. The molecular formula is C15H18N2O6S2. The zero-order valence-electron chi connectivity index (χ0n) is 13.0. The van der Waals surface area contributed by atoms with Gasteiger partial charge in [-0.15, -0.1) is 0 Å². The fourth-order valence-corrected chi connectivity index (χ4v) is 3.99. The number of rotatable bonds is 6. The van der Waals surface area contributed by atoms with Crippen molar-refractivity contribution in [2.75, 3.05) is 18.5 Å². The number of ketones is 1. The molecule has 4 atom stereocenters. The van der Waals surface area contributed by atoms with Gasteiger partial charge in [0, 0.05) is 24.0 Å². The van der Waals surface area contributed by atoms with E-state index in [1.54, 1.807) is 11.4 Å². The van der Waals surface area contributed by atoms with E-state index in [0.717, 1.165) is 11.3 Å². The molecule has 1 saturated heterocycles. The minimum Gasteiger partial charge on any atom is -0.396 e. The zero-order valence-corrected chi connectivity index (χ0v) is 14.7. The fourth-order valence-electron chi connectivity index (χ4n) is 2.55. The molecule has 10 heteroatoms. The molecule has 2 aromatic heterocycles. The number of aliphatic hydroxyl groups excluding tert-OH is 3. The minimum atomic E-state index is -1.71. The molecule has 0 amide bonds. The molecule has 1 fully saturated rings. The fraction of sp³-hybridized carbons (Fsp3) is 0.467. The van der Waals surface area contributed by atoms with E-state index in [2.05, 4.69) is 10.3 Å². The normalized spacial score (nSPS) is 29.5. The number of hydrogen-bond acceptors (Lipinski definition) is 10. The summed E-state index contributed by atoms with van der Waals surface area (Å²) >= 11 is 2.53. The predicted octanol–water partition coefficient (Wildman–Crippen LogP) is 0.0391. The third-order valence-corrected chi connectivity index (χ3v) is 5.63. The zero-order chi connectivity index (χ0) is 18.0. The summed E-state index contributed by atoms with van der Waals surface area (Å²) in [5, 5.41) is 46.1. The summed E-state index contributed by atoms with van der Waals surface area (Å²) < 4.78 is 5.38. The van der Waals surface area contributed by atoms with E-state index in [4.69, 9.17) is 9.84 Å². The molecule has 2 unspecified atom stereocenters. The molecule has 8 nitrogen and oxygen atoms in total. The highest BCUT2D eigenvalue weighted by Crippen LogP contribution is 2.29. The smallest absolute Gasteiger partial charge is 0.205 e. The first-order valence-corrected chi connectivity index (χ1v) is 9.31. The number of carbonyl (C=O) groups excluding carboxylic acids is 1. The van der Waals surface area contributed by atoms with Crippen LogP contribution < -0.4 is 5.32 Å². The van der Waals surface area contributed by atoms with E-state index in [9.17, 15) is 20.1 Å². The van der Waals surface area contributed by atoms with Crippen molar-refractivity contribution >= 4 is 33.6 Å². The number of carbonyl (C=O) groups is 1. The SMILES string of the molecule is O=C(c1ccsc1)c1cnc(N[C@H]2OC[C@@](O)(CCO)C(O)C2O)s1. The topological polar surface area (TPSA) is 132 Å². The lowest BCUT2D eigenvalue weighted by molar-refractivity contribution is -0.232. The molecule has 25 heavy (non-hydrogen) atoms. The predicted molar refractivity (Wildman–Crippen MR) is 91.9 cm³/mol. The average molecular weight is 386 g/mol. The summed E-state index contributed by atoms with van der Waals surface area (Å²) in [6.45, 7) is -0.599. The Hall–Kier alpha value is -1.40. The van der Waals surface area contributed by atoms with E-state index in [1.807, 2.05) is 5.38 Å². The number of hydrogen-bond donors (Lipinski definition) is 5. The molecule has 0 bridgehead atoms. The maximum Gasteiger partial charge on any atom is 0.205 e. The highest BCUT2D eigenvalue weighted by molar-refractivity contribution is 7.17. The van der Waals surface area contributed by atoms with Crippen molar-refractivity contribution in [3.63, 3.8) is 0 Å². The maximum atomic E-state index is 12.3. The van der Waals surface area contributed by atoms with Crippen LogP contribution in [0.1, 0.15) is 21.7 Å². The maximum absolute atomic E-state index is 12.3. The molecule has 1 aliphatic rings. The van der Waals surface area contributed by atoms with Crippen molar-refractivity contribution in [3.05, 3.63) is 33.5 Å². The van der Waals surface area contributed by atoms with E-state index in [1.165, 1.54) is 17.5 Å². The van der Waals surface area contributed by atoms with E-state index in [-0.39, 0.29) is 25.4 Å². The lowest BCUT2D eigenvalue weighted by Crippen LogP contribution is -2.63. The second-order valence-electron chi connectivity index (χ2n) is 5.76. The molecular weight excluding hydrogens is 368 g/mol. The van der Waals surface area contributed by atoms with Crippen molar-refractivity contribution in [1.29, 1.82) is 0 Å². The summed E-state index contributed by atoms with van der Waals surface area (Å²) in [6, 6.07) is 1.73. The summed E-state index contributed by atoms with van der Waals surface area (Å²) in [7, 11) is 0. The van der Waals surface area contributed by atoms with Crippen molar-refractivity contribution < 1.29 is 30.0 Å². The van der Waals surface area contributed by atoms with Gasteiger partial charge < -0.3 is 30.5 Å². The van der Waals surface area contributed by atoms with Crippen molar-refractivity contribution in [2.45, 2.75) is 30.5 Å². The lowest BCUT2D eigenvalue weighted by Gasteiger charge is -2.43. The van der Waals surface area contributed by atoms with Gasteiger partial charge in [-0.25, -0.2) is 4.98 Å². The molecule has 136 valence electrons. The van der Waals surface area contributed by atoms with Crippen LogP contribution in [0.5, 0.6) is 0 Å². The first kappa shape index (κ1) is 18.4. The lowest BCUT2D eigenvalue weighted by atomic mass is 9.87. The molecule has 3 heterocycles. The Labute approximate surface area is 151 Å². The Kier molecular flexibility index (Phi) is 5.49. The van der Waals surface area contributed by atoms with Gasteiger partial charge in [0.2, 0.25) is 5.78 Å². The number of thiazole rings is 1. The third kappa shape index (κ3) is 3.75. The van der Waals surface area contributed by atoms with Crippen LogP contribution in [0.3, 0.4) is 0 Å². The molecule has 0 spiro atoms. The Bertz CT molecular complexity index is 721. The summed E-state index contributed by atoms with van der Waals surface area (Å²) in [6.07, 6.45) is -2.60. The number of nitrogens with one attached hydrogen (secondary N) is 1. The number of aromatic nitrogens is 1. The number of thiophene rings is 1. The van der Waals surface area contributed by atoms with Gasteiger partial charge in [-0.2, -0.15) is 11.3 Å². The van der Waals surface area contributed by atoms with Crippen molar-refractivity contribution in [1.82, 2.24) is 4.98 Å². The van der Waals surface area contributed by atoms with Gasteiger partial charge in [0.05, 0.1) is 17.7 Å². The molecule has 1 aliphatic heterocycles. The quantitative estimate of drug-likeness (QED) is 0.440. The molecule has 2 aromatic rings. The van der Waals surface area contributed by atoms with E-state index >= 15 is 0 Å². The van der Waals surface area contributed by atoms with Gasteiger partial charge >= 0.3 is 0 Å². The second-order valence-corrected chi connectivity index (χ2v) is 7.57.